The average Bonchev–Trinajstić information content (AvgIpc) is 2.86. The molecule has 0 aliphatic carbocycles. The molecule has 1 aromatic carbocycles. The second-order valence-corrected chi connectivity index (χ2v) is 4.89. The van der Waals surface area contributed by atoms with Gasteiger partial charge in [0.2, 0.25) is 0 Å². The van der Waals surface area contributed by atoms with Crippen molar-refractivity contribution in [3.63, 3.8) is 0 Å². The van der Waals surface area contributed by atoms with Gasteiger partial charge in [-0.3, -0.25) is 0 Å². The Labute approximate surface area is 109 Å². The van der Waals surface area contributed by atoms with Crippen molar-refractivity contribution in [2.75, 3.05) is 44.3 Å². The second-order valence-electron chi connectivity index (χ2n) is 4.89. The Kier molecular flexibility index (Phi) is 4.31. The van der Waals surface area contributed by atoms with Gasteiger partial charge in [0.15, 0.2) is 0 Å². The van der Waals surface area contributed by atoms with Gasteiger partial charge in [0.05, 0.1) is 12.8 Å². The Morgan fingerprint density at radius 1 is 1.50 bits per heavy atom. The number of likely N-dealkylation sites (tertiary alicyclic amines) is 1. The molecule has 1 unspecified atom stereocenters. The van der Waals surface area contributed by atoms with Gasteiger partial charge in [-0.15, -0.1) is 0 Å². The summed E-state index contributed by atoms with van der Waals surface area (Å²) in [6, 6.07) is 5.85. The molecule has 0 amide bonds. The molecule has 0 radical (unpaired) electrons. The summed E-state index contributed by atoms with van der Waals surface area (Å²) in [5, 5.41) is 3.47. The van der Waals surface area contributed by atoms with Crippen molar-refractivity contribution >= 4 is 11.4 Å². The van der Waals surface area contributed by atoms with E-state index in [0.717, 1.165) is 30.4 Å². The van der Waals surface area contributed by atoms with Crippen LogP contribution in [0.15, 0.2) is 18.2 Å². The molecule has 18 heavy (non-hydrogen) atoms. The molecule has 1 heterocycles. The molecule has 1 atom stereocenters. The summed E-state index contributed by atoms with van der Waals surface area (Å²) in [5.74, 6) is 1.48. The first-order valence-corrected chi connectivity index (χ1v) is 6.62. The van der Waals surface area contributed by atoms with Crippen LogP contribution in [0.25, 0.3) is 0 Å². The molecule has 1 aliphatic rings. The van der Waals surface area contributed by atoms with Gasteiger partial charge >= 0.3 is 0 Å². The van der Waals surface area contributed by atoms with E-state index in [1.54, 1.807) is 7.11 Å². The van der Waals surface area contributed by atoms with E-state index in [-0.39, 0.29) is 0 Å². The maximum atomic E-state index is 5.80. The van der Waals surface area contributed by atoms with Crippen molar-refractivity contribution in [2.24, 2.45) is 5.92 Å². The lowest BCUT2D eigenvalue weighted by Crippen LogP contribution is -2.22. The Morgan fingerprint density at radius 2 is 2.33 bits per heavy atom. The van der Waals surface area contributed by atoms with Crippen LogP contribution in [0.2, 0.25) is 0 Å². The van der Waals surface area contributed by atoms with Gasteiger partial charge in [-0.1, -0.05) is 6.92 Å². The average molecular weight is 249 g/mol. The smallest absolute Gasteiger partial charge is 0.143 e. The molecule has 100 valence electrons. The standard InChI is InChI=1S/C14H23N3O/c1-3-17-7-6-11(10-17)9-16-12-4-5-13(15)14(8-12)18-2/h4-5,8,11,16H,3,6-7,9-10,15H2,1-2H3. The Hall–Kier alpha value is -1.42. The van der Waals surface area contributed by atoms with Crippen LogP contribution in [0.3, 0.4) is 0 Å². The first-order valence-electron chi connectivity index (χ1n) is 6.62. The summed E-state index contributed by atoms with van der Waals surface area (Å²) in [6.07, 6.45) is 1.28. The number of nitrogens with zero attached hydrogens (tertiary/aromatic N) is 1. The minimum atomic E-state index is 0.682. The fraction of sp³-hybridized carbons (Fsp3) is 0.571. The van der Waals surface area contributed by atoms with Crippen LogP contribution in [0.5, 0.6) is 5.75 Å². The summed E-state index contributed by atoms with van der Waals surface area (Å²) in [6.45, 7) is 6.83. The zero-order chi connectivity index (χ0) is 13.0. The molecule has 1 aromatic rings. The van der Waals surface area contributed by atoms with Gasteiger partial charge in [0.1, 0.15) is 5.75 Å². The number of methoxy groups -OCH3 is 1. The first-order chi connectivity index (χ1) is 8.72. The maximum absolute atomic E-state index is 5.80. The molecular formula is C14H23N3O. The SMILES string of the molecule is CCN1CCC(CNc2ccc(N)c(OC)c2)C1. The molecule has 3 N–H and O–H groups in total. The van der Waals surface area contributed by atoms with E-state index < -0.39 is 0 Å². The lowest BCUT2D eigenvalue weighted by molar-refractivity contribution is 0.345. The van der Waals surface area contributed by atoms with Gasteiger partial charge in [0, 0.05) is 24.8 Å². The van der Waals surface area contributed by atoms with Crippen molar-refractivity contribution < 1.29 is 4.74 Å². The molecule has 2 rings (SSSR count). The number of hydrogen-bond acceptors (Lipinski definition) is 4. The number of nitrogen functional groups attached to an aromatic ring is 1. The minimum Gasteiger partial charge on any atom is -0.495 e. The van der Waals surface area contributed by atoms with Crippen molar-refractivity contribution in [1.29, 1.82) is 0 Å². The van der Waals surface area contributed by atoms with Crippen LogP contribution < -0.4 is 15.8 Å². The molecule has 0 aromatic heterocycles. The van der Waals surface area contributed by atoms with Gasteiger partial charge in [-0.05, 0) is 37.6 Å². The predicted octanol–water partition coefficient (Wildman–Crippen LogP) is 2.03. The van der Waals surface area contributed by atoms with Crippen LogP contribution in [0.1, 0.15) is 13.3 Å². The Morgan fingerprint density at radius 3 is 3.00 bits per heavy atom. The molecular weight excluding hydrogens is 226 g/mol. The monoisotopic (exact) mass is 249 g/mol. The first kappa shape index (κ1) is 13.0. The number of benzene rings is 1. The number of anilines is 2. The largest absolute Gasteiger partial charge is 0.495 e. The van der Waals surface area contributed by atoms with Crippen molar-refractivity contribution in [3.05, 3.63) is 18.2 Å². The molecule has 1 saturated heterocycles. The molecule has 4 heteroatoms. The van der Waals surface area contributed by atoms with E-state index in [9.17, 15) is 0 Å². The van der Waals surface area contributed by atoms with E-state index in [1.165, 1.54) is 19.5 Å². The summed E-state index contributed by atoms with van der Waals surface area (Å²) in [7, 11) is 1.64. The predicted molar refractivity (Wildman–Crippen MR) is 76.1 cm³/mol. The highest BCUT2D eigenvalue weighted by atomic mass is 16.5. The minimum absolute atomic E-state index is 0.682. The fourth-order valence-corrected chi connectivity index (χ4v) is 2.45. The van der Waals surface area contributed by atoms with E-state index in [2.05, 4.69) is 17.1 Å². The Bertz CT molecular complexity index is 395. The third-order valence-electron chi connectivity index (χ3n) is 3.65. The molecule has 0 saturated carbocycles. The summed E-state index contributed by atoms with van der Waals surface area (Å²) >= 11 is 0. The fourth-order valence-electron chi connectivity index (χ4n) is 2.45. The lowest BCUT2D eigenvalue weighted by atomic mass is 10.1. The lowest BCUT2D eigenvalue weighted by Gasteiger charge is -2.15. The highest BCUT2D eigenvalue weighted by molar-refractivity contribution is 5.61. The van der Waals surface area contributed by atoms with Crippen molar-refractivity contribution in [3.8, 4) is 5.75 Å². The quantitative estimate of drug-likeness (QED) is 0.784. The number of nitrogens with two attached hydrogens (primary N) is 1. The normalized spacial score (nSPS) is 20.0. The highest BCUT2D eigenvalue weighted by Gasteiger charge is 2.20. The number of ether oxygens (including phenoxy) is 1. The van der Waals surface area contributed by atoms with Gasteiger partial charge in [0.25, 0.3) is 0 Å². The summed E-state index contributed by atoms with van der Waals surface area (Å²) in [5.41, 5.74) is 7.56. The van der Waals surface area contributed by atoms with Gasteiger partial charge in [-0.25, -0.2) is 0 Å². The van der Waals surface area contributed by atoms with Crippen molar-refractivity contribution in [2.45, 2.75) is 13.3 Å². The van der Waals surface area contributed by atoms with E-state index in [1.807, 2.05) is 18.2 Å². The third kappa shape index (κ3) is 3.07. The zero-order valence-corrected chi connectivity index (χ0v) is 11.3. The van der Waals surface area contributed by atoms with Crippen LogP contribution in [0.4, 0.5) is 11.4 Å². The van der Waals surface area contributed by atoms with Crippen LogP contribution in [0, 0.1) is 5.92 Å². The molecule has 0 bridgehead atoms. The second kappa shape index (κ2) is 5.96. The van der Waals surface area contributed by atoms with Crippen LogP contribution in [-0.2, 0) is 0 Å². The number of nitrogens with one attached hydrogen (secondary N) is 1. The van der Waals surface area contributed by atoms with Gasteiger partial charge in [-0.2, -0.15) is 0 Å². The Balaban J connectivity index is 1.87. The molecule has 4 nitrogen and oxygen atoms in total. The topological polar surface area (TPSA) is 50.5 Å². The summed E-state index contributed by atoms with van der Waals surface area (Å²) < 4.78 is 5.22. The van der Waals surface area contributed by atoms with Crippen LogP contribution >= 0.6 is 0 Å². The van der Waals surface area contributed by atoms with E-state index in [0.29, 0.717) is 5.69 Å². The highest BCUT2D eigenvalue weighted by Crippen LogP contribution is 2.25. The van der Waals surface area contributed by atoms with E-state index >= 15 is 0 Å². The van der Waals surface area contributed by atoms with Crippen molar-refractivity contribution in [1.82, 2.24) is 4.90 Å². The van der Waals surface area contributed by atoms with Crippen LogP contribution in [-0.4, -0.2) is 38.2 Å². The number of rotatable bonds is 5. The molecule has 0 spiro atoms. The summed E-state index contributed by atoms with van der Waals surface area (Å²) in [4.78, 5) is 2.50. The number of hydrogen-bond donors (Lipinski definition) is 2. The van der Waals surface area contributed by atoms with E-state index in [4.69, 9.17) is 10.5 Å². The maximum Gasteiger partial charge on any atom is 0.143 e. The molecule has 1 aliphatic heterocycles. The zero-order valence-electron chi connectivity index (χ0n) is 11.3. The van der Waals surface area contributed by atoms with Gasteiger partial charge < -0.3 is 20.7 Å². The molecule has 1 fully saturated rings. The third-order valence-corrected chi connectivity index (χ3v) is 3.65.